The monoisotopic (exact) mass is 368 g/mol. The van der Waals surface area contributed by atoms with Crippen molar-refractivity contribution in [2.24, 2.45) is 16.8 Å². The molecule has 3 aliphatic heterocycles. The van der Waals surface area contributed by atoms with Gasteiger partial charge in [0.2, 0.25) is 0 Å². The van der Waals surface area contributed by atoms with E-state index in [4.69, 9.17) is 4.74 Å². The van der Waals surface area contributed by atoms with Crippen molar-refractivity contribution in [2.45, 2.75) is 38.8 Å². The average Bonchev–Trinajstić information content (AvgIpc) is 2.68. The Morgan fingerprint density at radius 1 is 1.48 bits per heavy atom. The van der Waals surface area contributed by atoms with E-state index in [0.29, 0.717) is 17.5 Å². The van der Waals surface area contributed by atoms with E-state index in [0.717, 1.165) is 37.1 Å². The number of ether oxygens (including phenoxy) is 1. The Labute approximate surface area is 161 Å². The van der Waals surface area contributed by atoms with Crippen LogP contribution in [0.4, 0.5) is 5.69 Å². The van der Waals surface area contributed by atoms with E-state index in [9.17, 15) is 9.90 Å². The molecule has 3 aliphatic rings. The first-order valence-corrected chi connectivity index (χ1v) is 9.48. The van der Waals surface area contributed by atoms with Crippen molar-refractivity contribution in [3.05, 3.63) is 42.5 Å². The van der Waals surface area contributed by atoms with Gasteiger partial charge in [-0.3, -0.25) is 14.7 Å². The number of carbonyl (C=O) groups is 1. The van der Waals surface area contributed by atoms with E-state index in [1.54, 1.807) is 18.2 Å². The van der Waals surface area contributed by atoms with Gasteiger partial charge in [0.1, 0.15) is 11.9 Å². The molecule has 1 aromatic rings. The van der Waals surface area contributed by atoms with Crippen LogP contribution in [0.2, 0.25) is 0 Å². The van der Waals surface area contributed by atoms with Crippen LogP contribution in [-0.2, 0) is 9.53 Å². The van der Waals surface area contributed by atoms with Gasteiger partial charge in [-0.2, -0.15) is 0 Å². The Bertz CT molecular complexity index is 771. The number of phenols is 1. The lowest BCUT2D eigenvalue weighted by atomic mass is 9.73. The molecule has 3 fully saturated rings. The highest BCUT2D eigenvalue weighted by Crippen LogP contribution is 2.42. The zero-order valence-electron chi connectivity index (χ0n) is 16.1. The topological polar surface area (TPSA) is 62.1 Å². The van der Waals surface area contributed by atoms with E-state index in [1.165, 1.54) is 6.92 Å². The summed E-state index contributed by atoms with van der Waals surface area (Å²) in [5.74, 6) is 0.897. The number of esters is 1. The van der Waals surface area contributed by atoms with Crippen molar-refractivity contribution in [1.82, 2.24) is 4.90 Å². The van der Waals surface area contributed by atoms with Crippen molar-refractivity contribution < 1.29 is 14.6 Å². The minimum absolute atomic E-state index is 0.107. The number of fused-ring (bicyclic) bond motifs is 3. The largest absolute Gasteiger partial charge is 0.508 e. The molecule has 2 bridgehead atoms. The van der Waals surface area contributed by atoms with Crippen molar-refractivity contribution in [2.75, 3.05) is 13.1 Å². The fraction of sp³-hybridized carbons (Fsp3) is 0.455. The first-order valence-electron chi connectivity index (χ1n) is 9.48. The van der Waals surface area contributed by atoms with Crippen LogP contribution in [-0.4, -0.2) is 47.9 Å². The van der Waals surface area contributed by atoms with Crippen LogP contribution in [0.1, 0.15) is 32.3 Å². The smallest absolute Gasteiger partial charge is 0.303 e. The third kappa shape index (κ3) is 3.83. The van der Waals surface area contributed by atoms with Gasteiger partial charge in [0, 0.05) is 19.0 Å². The molecular formula is C22H28N2O3. The number of hydrogen-bond donors (Lipinski definition) is 1. The molecule has 27 heavy (non-hydrogen) atoms. The summed E-state index contributed by atoms with van der Waals surface area (Å²) in [5, 5.41) is 10.0. The van der Waals surface area contributed by atoms with Gasteiger partial charge in [-0.25, -0.2) is 0 Å². The molecule has 0 saturated carbocycles. The van der Waals surface area contributed by atoms with Gasteiger partial charge in [0.15, 0.2) is 0 Å². The van der Waals surface area contributed by atoms with Crippen molar-refractivity contribution in [3.8, 4) is 5.75 Å². The number of aliphatic imine (C=N–C) groups is 1. The molecule has 3 heterocycles. The normalized spacial score (nSPS) is 28.4. The number of carbonyl (C=O) groups excluding carboxylic acids is 1. The fourth-order valence-electron chi connectivity index (χ4n) is 4.59. The second-order valence-corrected chi connectivity index (χ2v) is 7.38. The van der Waals surface area contributed by atoms with Gasteiger partial charge < -0.3 is 9.84 Å². The third-order valence-corrected chi connectivity index (χ3v) is 5.88. The van der Waals surface area contributed by atoms with Crippen LogP contribution in [0.3, 0.4) is 0 Å². The lowest BCUT2D eigenvalue weighted by molar-refractivity contribution is -0.149. The van der Waals surface area contributed by atoms with Gasteiger partial charge in [0.05, 0.1) is 11.7 Å². The van der Waals surface area contributed by atoms with Gasteiger partial charge in [-0.05, 0) is 68.6 Å². The number of aromatic hydroxyl groups is 1. The summed E-state index contributed by atoms with van der Waals surface area (Å²) >= 11 is 0. The van der Waals surface area contributed by atoms with E-state index in [1.807, 2.05) is 13.0 Å². The Morgan fingerprint density at radius 3 is 2.81 bits per heavy atom. The molecule has 5 heteroatoms. The Morgan fingerprint density at radius 2 is 2.26 bits per heavy atom. The lowest BCUT2D eigenvalue weighted by Crippen LogP contribution is -2.57. The molecule has 0 spiro atoms. The maximum absolute atomic E-state index is 11.9. The predicted octanol–water partition coefficient (Wildman–Crippen LogP) is 3.96. The second-order valence-electron chi connectivity index (χ2n) is 7.38. The molecule has 0 aromatic heterocycles. The minimum atomic E-state index is -0.414. The number of phenolic OH excluding ortho intramolecular Hbond substituents is 1. The van der Waals surface area contributed by atoms with Crippen LogP contribution >= 0.6 is 0 Å². The quantitative estimate of drug-likeness (QED) is 0.469. The van der Waals surface area contributed by atoms with Crippen molar-refractivity contribution in [3.63, 3.8) is 0 Å². The molecule has 3 saturated heterocycles. The van der Waals surface area contributed by atoms with Crippen molar-refractivity contribution >= 4 is 23.9 Å². The highest BCUT2D eigenvalue weighted by Gasteiger charge is 2.44. The summed E-state index contributed by atoms with van der Waals surface area (Å²) in [6.07, 6.45) is 5.70. The highest BCUT2D eigenvalue weighted by atomic mass is 16.5. The summed E-state index contributed by atoms with van der Waals surface area (Å²) in [7, 11) is 0. The summed E-state index contributed by atoms with van der Waals surface area (Å²) < 4.78 is 5.84. The predicted molar refractivity (Wildman–Crippen MR) is 108 cm³/mol. The summed E-state index contributed by atoms with van der Waals surface area (Å²) in [6, 6.07) is 5.09. The zero-order chi connectivity index (χ0) is 19.6. The first-order chi connectivity index (χ1) is 13.0. The average molecular weight is 368 g/mol. The van der Waals surface area contributed by atoms with Crippen molar-refractivity contribution in [1.29, 1.82) is 0 Å². The van der Waals surface area contributed by atoms with E-state index >= 15 is 0 Å². The molecule has 1 N–H and O–H groups in total. The van der Waals surface area contributed by atoms with Crippen LogP contribution in [0.5, 0.6) is 5.75 Å². The Balaban J connectivity index is 2.00. The van der Waals surface area contributed by atoms with Crippen LogP contribution in [0, 0.1) is 11.8 Å². The van der Waals surface area contributed by atoms with Crippen LogP contribution < -0.4 is 0 Å². The lowest BCUT2D eigenvalue weighted by Gasteiger charge is -2.51. The molecule has 4 rings (SSSR count). The number of benzene rings is 1. The van der Waals surface area contributed by atoms with Crippen LogP contribution in [0.15, 0.2) is 41.9 Å². The maximum atomic E-state index is 11.9. The van der Waals surface area contributed by atoms with E-state index < -0.39 is 6.10 Å². The first kappa shape index (κ1) is 19.4. The Hall–Kier alpha value is -2.40. The highest BCUT2D eigenvalue weighted by molar-refractivity contribution is 5.81. The summed E-state index contributed by atoms with van der Waals surface area (Å²) in [4.78, 5) is 18.4. The molecule has 0 radical (unpaired) electrons. The molecule has 1 aromatic carbocycles. The van der Waals surface area contributed by atoms with E-state index in [-0.39, 0.29) is 17.8 Å². The molecular weight excluding hydrogens is 340 g/mol. The fourth-order valence-corrected chi connectivity index (χ4v) is 4.59. The molecule has 0 amide bonds. The van der Waals surface area contributed by atoms with Gasteiger partial charge in [-0.1, -0.05) is 12.2 Å². The Kier molecular flexibility index (Phi) is 5.80. The zero-order valence-corrected chi connectivity index (χ0v) is 16.1. The molecule has 5 nitrogen and oxygen atoms in total. The van der Waals surface area contributed by atoms with E-state index in [2.05, 4.69) is 29.3 Å². The SMILES string of the molecule is C=CC1CN2CCC1CC2[C@H](OC(C)=O)/C(=C/C)c1cc(O)ccc1N=C. The van der Waals surface area contributed by atoms with Gasteiger partial charge >= 0.3 is 5.97 Å². The minimum Gasteiger partial charge on any atom is -0.508 e. The standard InChI is InChI=1S/C22H28N2O3/c1-5-15-13-24-10-9-16(15)11-21(24)22(27-14(3)25)18(6-2)19-12-17(26)7-8-20(19)23-4/h5-8,12,15-16,21-22,26H,1,4,9-11,13H2,2-3H3/b18-6+/t15?,16?,21?,22-/m1/s1. The molecule has 144 valence electrons. The number of hydrogen-bond acceptors (Lipinski definition) is 5. The maximum Gasteiger partial charge on any atom is 0.303 e. The number of piperidine rings is 3. The summed E-state index contributed by atoms with van der Waals surface area (Å²) in [6.45, 7) is 12.9. The second kappa shape index (κ2) is 8.09. The number of rotatable bonds is 6. The van der Waals surface area contributed by atoms with Gasteiger partial charge in [-0.15, -0.1) is 6.58 Å². The van der Waals surface area contributed by atoms with Crippen LogP contribution in [0.25, 0.3) is 5.57 Å². The number of allylic oxidation sites excluding steroid dienone is 1. The molecule has 5 atom stereocenters. The molecule has 4 unspecified atom stereocenters. The van der Waals surface area contributed by atoms with Gasteiger partial charge in [0.25, 0.3) is 0 Å². The summed E-state index contributed by atoms with van der Waals surface area (Å²) in [5.41, 5.74) is 2.27. The third-order valence-electron chi connectivity index (χ3n) is 5.88. The number of nitrogens with zero attached hydrogens (tertiary/aromatic N) is 2. The molecule has 0 aliphatic carbocycles.